The van der Waals surface area contributed by atoms with Gasteiger partial charge in [-0.1, -0.05) is 22.0 Å². The summed E-state index contributed by atoms with van der Waals surface area (Å²) >= 11 is 5.06. The molecule has 1 aromatic carbocycles. The Balaban J connectivity index is 2.05. The maximum absolute atomic E-state index is 5.70. The van der Waals surface area contributed by atoms with Crippen molar-refractivity contribution in [2.45, 2.75) is 6.61 Å². The van der Waals surface area contributed by atoms with Crippen molar-refractivity contribution in [2.24, 2.45) is 0 Å². The van der Waals surface area contributed by atoms with Crippen LogP contribution >= 0.6 is 27.3 Å². The molecule has 2 N–H and O–H groups in total. The summed E-state index contributed by atoms with van der Waals surface area (Å²) in [6.07, 6.45) is 0. The summed E-state index contributed by atoms with van der Waals surface area (Å²) in [5.74, 6) is 0.787. The molecule has 0 radical (unpaired) electrons. The molecule has 2 nitrogen and oxygen atoms in total. The molecule has 0 fully saturated rings. The molecule has 78 valence electrons. The van der Waals surface area contributed by atoms with Gasteiger partial charge in [0.15, 0.2) is 0 Å². The van der Waals surface area contributed by atoms with Crippen LogP contribution < -0.4 is 10.5 Å². The minimum absolute atomic E-state index is 0.591. The number of rotatable bonds is 3. The van der Waals surface area contributed by atoms with Crippen LogP contribution in [0.2, 0.25) is 0 Å². The minimum Gasteiger partial charge on any atom is -0.488 e. The van der Waals surface area contributed by atoms with E-state index in [1.807, 2.05) is 35.7 Å². The van der Waals surface area contributed by atoms with E-state index in [0.717, 1.165) is 10.2 Å². The topological polar surface area (TPSA) is 35.2 Å². The van der Waals surface area contributed by atoms with E-state index in [0.29, 0.717) is 12.3 Å². The molecule has 0 spiro atoms. The standard InChI is InChI=1S/C11H10BrNOS/c12-8-4-9(13)6-10(5-8)14-7-11-2-1-3-15-11/h1-6H,7,13H2. The second kappa shape index (κ2) is 4.68. The molecule has 2 aromatic rings. The molecule has 0 amide bonds. The second-order valence-corrected chi connectivity index (χ2v) is 5.04. The molecule has 1 aromatic heterocycles. The van der Waals surface area contributed by atoms with Crippen LogP contribution in [0, 0.1) is 0 Å². The summed E-state index contributed by atoms with van der Waals surface area (Å²) in [6, 6.07) is 9.63. The van der Waals surface area contributed by atoms with Gasteiger partial charge < -0.3 is 10.5 Å². The third-order valence-corrected chi connectivity index (χ3v) is 3.16. The third-order valence-electron chi connectivity index (χ3n) is 1.85. The van der Waals surface area contributed by atoms with Crippen LogP contribution in [0.15, 0.2) is 40.2 Å². The van der Waals surface area contributed by atoms with Gasteiger partial charge in [0.05, 0.1) is 0 Å². The summed E-state index contributed by atoms with van der Waals surface area (Å²) in [5.41, 5.74) is 6.40. The van der Waals surface area contributed by atoms with Crippen LogP contribution in [0.4, 0.5) is 5.69 Å². The van der Waals surface area contributed by atoms with Crippen LogP contribution in [-0.4, -0.2) is 0 Å². The van der Waals surface area contributed by atoms with Crippen molar-refractivity contribution in [3.05, 3.63) is 45.1 Å². The van der Waals surface area contributed by atoms with Gasteiger partial charge in [0, 0.05) is 21.1 Å². The summed E-state index contributed by atoms with van der Waals surface area (Å²) in [7, 11) is 0. The highest BCUT2D eigenvalue weighted by molar-refractivity contribution is 9.10. The van der Waals surface area contributed by atoms with Gasteiger partial charge in [-0.3, -0.25) is 0 Å². The number of hydrogen-bond donors (Lipinski definition) is 1. The molecule has 0 saturated carbocycles. The average Bonchev–Trinajstić information content (AvgIpc) is 2.65. The number of thiophene rings is 1. The van der Waals surface area contributed by atoms with E-state index < -0.39 is 0 Å². The van der Waals surface area contributed by atoms with Crippen LogP contribution in [0.5, 0.6) is 5.75 Å². The fourth-order valence-electron chi connectivity index (χ4n) is 1.22. The Morgan fingerprint density at radius 1 is 1.33 bits per heavy atom. The van der Waals surface area contributed by atoms with Gasteiger partial charge in [0.1, 0.15) is 12.4 Å². The quantitative estimate of drug-likeness (QED) is 0.873. The highest BCUT2D eigenvalue weighted by Crippen LogP contribution is 2.24. The molecular formula is C11H10BrNOS. The highest BCUT2D eigenvalue weighted by atomic mass is 79.9. The fourth-order valence-corrected chi connectivity index (χ4v) is 2.32. The van der Waals surface area contributed by atoms with Crippen molar-refractivity contribution in [3.8, 4) is 5.75 Å². The van der Waals surface area contributed by atoms with E-state index in [9.17, 15) is 0 Å². The molecule has 0 bridgehead atoms. The lowest BCUT2D eigenvalue weighted by Crippen LogP contribution is -1.94. The number of ether oxygens (including phenoxy) is 1. The lowest BCUT2D eigenvalue weighted by atomic mass is 10.3. The zero-order chi connectivity index (χ0) is 10.7. The SMILES string of the molecule is Nc1cc(Br)cc(OCc2cccs2)c1. The molecule has 0 aliphatic rings. The third kappa shape index (κ3) is 2.97. The molecule has 0 unspecified atom stereocenters. The summed E-state index contributed by atoms with van der Waals surface area (Å²) < 4.78 is 6.55. The smallest absolute Gasteiger partial charge is 0.123 e. The first kappa shape index (κ1) is 10.5. The number of anilines is 1. The van der Waals surface area contributed by atoms with Gasteiger partial charge in [-0.25, -0.2) is 0 Å². The first-order chi connectivity index (χ1) is 7.24. The Labute approximate surface area is 101 Å². The van der Waals surface area contributed by atoms with E-state index in [4.69, 9.17) is 10.5 Å². The molecular weight excluding hydrogens is 274 g/mol. The van der Waals surface area contributed by atoms with E-state index in [2.05, 4.69) is 15.9 Å². The van der Waals surface area contributed by atoms with Crippen LogP contribution in [0.25, 0.3) is 0 Å². The van der Waals surface area contributed by atoms with E-state index in [-0.39, 0.29) is 0 Å². The van der Waals surface area contributed by atoms with Gasteiger partial charge in [0.2, 0.25) is 0 Å². The average molecular weight is 284 g/mol. The predicted molar refractivity (Wildman–Crippen MR) is 67.2 cm³/mol. The Morgan fingerprint density at radius 3 is 2.87 bits per heavy atom. The normalized spacial score (nSPS) is 10.2. The van der Waals surface area contributed by atoms with Crippen molar-refractivity contribution in [1.82, 2.24) is 0 Å². The molecule has 2 rings (SSSR count). The largest absolute Gasteiger partial charge is 0.488 e. The fraction of sp³-hybridized carbons (Fsp3) is 0.0909. The molecule has 0 aliphatic carbocycles. The Bertz CT molecular complexity index is 422. The van der Waals surface area contributed by atoms with E-state index >= 15 is 0 Å². The van der Waals surface area contributed by atoms with Crippen LogP contribution in [0.3, 0.4) is 0 Å². The molecule has 0 atom stereocenters. The monoisotopic (exact) mass is 283 g/mol. The van der Waals surface area contributed by atoms with Crippen molar-refractivity contribution in [3.63, 3.8) is 0 Å². The number of nitrogen functional groups attached to an aromatic ring is 1. The van der Waals surface area contributed by atoms with Gasteiger partial charge >= 0.3 is 0 Å². The second-order valence-electron chi connectivity index (χ2n) is 3.09. The van der Waals surface area contributed by atoms with Crippen molar-refractivity contribution in [1.29, 1.82) is 0 Å². The van der Waals surface area contributed by atoms with Crippen molar-refractivity contribution < 1.29 is 4.74 Å². The van der Waals surface area contributed by atoms with Crippen molar-refractivity contribution >= 4 is 33.0 Å². The van der Waals surface area contributed by atoms with Gasteiger partial charge in [-0.2, -0.15) is 0 Å². The zero-order valence-electron chi connectivity index (χ0n) is 7.94. The number of nitrogens with two attached hydrogens (primary N) is 1. The number of hydrogen-bond acceptors (Lipinski definition) is 3. The molecule has 15 heavy (non-hydrogen) atoms. The number of halogens is 1. The Hall–Kier alpha value is -1.00. The van der Waals surface area contributed by atoms with Crippen LogP contribution in [-0.2, 0) is 6.61 Å². The predicted octanol–water partition coefficient (Wildman–Crippen LogP) is 3.67. The maximum atomic E-state index is 5.70. The first-order valence-electron chi connectivity index (χ1n) is 4.45. The summed E-state index contributed by atoms with van der Waals surface area (Å²) in [4.78, 5) is 1.20. The molecule has 4 heteroatoms. The van der Waals surface area contributed by atoms with E-state index in [1.165, 1.54) is 4.88 Å². The van der Waals surface area contributed by atoms with Gasteiger partial charge in [-0.05, 0) is 23.6 Å². The first-order valence-corrected chi connectivity index (χ1v) is 6.12. The van der Waals surface area contributed by atoms with E-state index in [1.54, 1.807) is 11.3 Å². The number of benzene rings is 1. The molecule has 1 heterocycles. The maximum Gasteiger partial charge on any atom is 0.123 e. The lowest BCUT2D eigenvalue weighted by molar-refractivity contribution is 0.310. The lowest BCUT2D eigenvalue weighted by Gasteiger charge is -2.06. The van der Waals surface area contributed by atoms with Gasteiger partial charge in [-0.15, -0.1) is 11.3 Å². The Kier molecular flexibility index (Phi) is 3.28. The zero-order valence-corrected chi connectivity index (χ0v) is 10.3. The van der Waals surface area contributed by atoms with Crippen molar-refractivity contribution in [2.75, 3.05) is 5.73 Å². The summed E-state index contributed by atoms with van der Waals surface area (Å²) in [6.45, 7) is 0.591. The highest BCUT2D eigenvalue weighted by Gasteiger charge is 1.99. The summed E-state index contributed by atoms with van der Waals surface area (Å²) in [5, 5.41) is 2.04. The van der Waals surface area contributed by atoms with Gasteiger partial charge in [0.25, 0.3) is 0 Å². The van der Waals surface area contributed by atoms with Crippen LogP contribution in [0.1, 0.15) is 4.88 Å². The Morgan fingerprint density at radius 2 is 2.20 bits per heavy atom. The minimum atomic E-state index is 0.591. The molecule has 0 saturated heterocycles. The molecule has 0 aliphatic heterocycles.